The molecule has 150 valence electrons. The fourth-order valence-electron chi connectivity index (χ4n) is 3.19. The summed E-state index contributed by atoms with van der Waals surface area (Å²) in [7, 11) is 1.27. The van der Waals surface area contributed by atoms with Crippen LogP contribution in [0.3, 0.4) is 0 Å². The van der Waals surface area contributed by atoms with E-state index in [0.29, 0.717) is 23.4 Å². The van der Waals surface area contributed by atoms with Crippen molar-refractivity contribution in [3.8, 4) is 0 Å². The summed E-state index contributed by atoms with van der Waals surface area (Å²) in [6.07, 6.45) is 0. The molecule has 1 N–H and O–H groups in total. The van der Waals surface area contributed by atoms with Gasteiger partial charge in [0.05, 0.1) is 13.7 Å². The summed E-state index contributed by atoms with van der Waals surface area (Å²) in [5.41, 5.74) is 1.78. The van der Waals surface area contributed by atoms with Crippen LogP contribution in [0.4, 0.5) is 4.39 Å². The molecule has 6 nitrogen and oxygen atoms in total. The molecule has 0 bridgehead atoms. The second kappa shape index (κ2) is 8.82. The van der Waals surface area contributed by atoms with Crippen LogP contribution < -0.4 is 0 Å². The summed E-state index contributed by atoms with van der Waals surface area (Å²) in [4.78, 5) is 42.0. The molecule has 2 aromatic rings. The number of aromatic nitrogens is 1. The Bertz CT molecular complexity index is 902. The number of benzene rings is 1. The number of carbonyl (C=O) groups is 3. The number of aromatic amines is 1. The largest absolute Gasteiger partial charge is 0.464 e. The van der Waals surface area contributed by atoms with E-state index in [1.54, 1.807) is 13.8 Å². The van der Waals surface area contributed by atoms with Gasteiger partial charge in [-0.3, -0.25) is 9.59 Å². The van der Waals surface area contributed by atoms with Crippen molar-refractivity contribution in [3.63, 3.8) is 0 Å². The zero-order valence-corrected chi connectivity index (χ0v) is 16.8. The van der Waals surface area contributed by atoms with Gasteiger partial charge in [0.25, 0.3) is 5.91 Å². The number of carbonyl (C=O) groups excluding carboxylic acids is 3. The van der Waals surface area contributed by atoms with Crippen LogP contribution in [0.15, 0.2) is 24.3 Å². The van der Waals surface area contributed by atoms with Gasteiger partial charge in [0, 0.05) is 23.4 Å². The van der Waals surface area contributed by atoms with Crippen molar-refractivity contribution in [2.24, 2.45) is 5.92 Å². The Morgan fingerprint density at radius 3 is 2.46 bits per heavy atom. The predicted molar refractivity (Wildman–Crippen MR) is 103 cm³/mol. The summed E-state index contributed by atoms with van der Waals surface area (Å²) in [5, 5.41) is 0. The first-order valence-electron chi connectivity index (χ1n) is 9.01. The Morgan fingerprint density at radius 1 is 1.21 bits per heavy atom. The van der Waals surface area contributed by atoms with E-state index in [4.69, 9.17) is 4.74 Å². The second-order valence-electron chi connectivity index (χ2n) is 7.13. The fourth-order valence-corrected chi connectivity index (χ4v) is 3.19. The van der Waals surface area contributed by atoms with Gasteiger partial charge in [-0.05, 0) is 43.5 Å². The Balaban J connectivity index is 2.32. The molecule has 0 atom stereocenters. The van der Waals surface area contributed by atoms with Gasteiger partial charge in [0.15, 0.2) is 5.78 Å². The normalized spacial score (nSPS) is 10.8. The molecule has 0 saturated heterocycles. The molecule has 28 heavy (non-hydrogen) atoms. The highest BCUT2D eigenvalue weighted by atomic mass is 19.1. The van der Waals surface area contributed by atoms with Crippen LogP contribution >= 0.6 is 0 Å². The number of nitrogens with zero attached hydrogens (tertiary/aromatic N) is 1. The first kappa shape index (κ1) is 21.3. The van der Waals surface area contributed by atoms with E-state index in [1.165, 1.54) is 30.2 Å². The maximum atomic E-state index is 13.5. The van der Waals surface area contributed by atoms with Gasteiger partial charge >= 0.3 is 5.97 Å². The predicted octanol–water partition coefficient (Wildman–Crippen LogP) is 3.54. The third-order valence-corrected chi connectivity index (χ3v) is 4.38. The molecule has 0 aliphatic rings. The first-order valence-corrected chi connectivity index (χ1v) is 9.01. The highest BCUT2D eigenvalue weighted by Crippen LogP contribution is 2.20. The lowest BCUT2D eigenvalue weighted by molar-refractivity contribution is 0.0593. The van der Waals surface area contributed by atoms with Crippen molar-refractivity contribution < 1.29 is 23.5 Å². The van der Waals surface area contributed by atoms with Crippen LogP contribution in [0.5, 0.6) is 0 Å². The van der Waals surface area contributed by atoms with Crippen LogP contribution in [-0.4, -0.2) is 47.7 Å². The molecule has 1 aromatic carbocycles. The maximum absolute atomic E-state index is 13.5. The average Bonchev–Trinajstić information content (AvgIpc) is 2.93. The van der Waals surface area contributed by atoms with Gasteiger partial charge in [-0.2, -0.15) is 0 Å². The van der Waals surface area contributed by atoms with E-state index in [-0.39, 0.29) is 29.5 Å². The number of H-pyrrole nitrogens is 1. The molecule has 0 aliphatic carbocycles. The van der Waals surface area contributed by atoms with Crippen molar-refractivity contribution in [2.45, 2.75) is 27.7 Å². The molecule has 1 heterocycles. The lowest BCUT2D eigenvalue weighted by atomic mass is 10.0. The summed E-state index contributed by atoms with van der Waals surface area (Å²) >= 11 is 0. The molecular formula is C21H25FN2O4. The number of ketones is 1. The number of hydrogen-bond donors (Lipinski definition) is 1. The topological polar surface area (TPSA) is 79.5 Å². The van der Waals surface area contributed by atoms with Crippen molar-refractivity contribution in [3.05, 3.63) is 58.2 Å². The highest BCUT2D eigenvalue weighted by molar-refractivity contribution is 6.05. The number of aryl methyl sites for hydroxylation is 1. The quantitative estimate of drug-likeness (QED) is 0.581. The highest BCUT2D eigenvalue weighted by Gasteiger charge is 2.26. The van der Waals surface area contributed by atoms with Crippen molar-refractivity contribution in [2.75, 3.05) is 20.2 Å². The molecule has 1 aromatic heterocycles. The number of amides is 1. The molecule has 1 amide bonds. The minimum Gasteiger partial charge on any atom is -0.464 e. The third-order valence-electron chi connectivity index (χ3n) is 4.38. The van der Waals surface area contributed by atoms with Crippen molar-refractivity contribution in [1.82, 2.24) is 9.88 Å². The van der Waals surface area contributed by atoms with Crippen molar-refractivity contribution >= 4 is 17.7 Å². The zero-order valence-electron chi connectivity index (χ0n) is 16.8. The van der Waals surface area contributed by atoms with Crippen molar-refractivity contribution in [1.29, 1.82) is 0 Å². The lowest BCUT2D eigenvalue weighted by Gasteiger charge is -2.24. The fraction of sp³-hybridized carbons (Fsp3) is 0.381. The summed E-state index contributed by atoms with van der Waals surface area (Å²) < 4.78 is 18.2. The van der Waals surface area contributed by atoms with Crippen LogP contribution in [0.25, 0.3) is 0 Å². The van der Waals surface area contributed by atoms with E-state index >= 15 is 0 Å². The van der Waals surface area contributed by atoms with E-state index < -0.39 is 17.7 Å². The van der Waals surface area contributed by atoms with E-state index in [9.17, 15) is 18.8 Å². The monoisotopic (exact) mass is 388 g/mol. The zero-order chi connectivity index (χ0) is 21.0. The van der Waals surface area contributed by atoms with Gasteiger partial charge in [0.1, 0.15) is 11.5 Å². The van der Waals surface area contributed by atoms with Gasteiger partial charge in [0.2, 0.25) is 0 Å². The number of rotatable bonds is 7. The number of esters is 1. The molecule has 2 rings (SSSR count). The Labute approximate surface area is 163 Å². The summed E-state index contributed by atoms with van der Waals surface area (Å²) in [5.74, 6) is -1.67. The van der Waals surface area contributed by atoms with Crippen LogP contribution in [0.2, 0.25) is 0 Å². The van der Waals surface area contributed by atoms with Crippen LogP contribution in [-0.2, 0) is 4.74 Å². The Hall–Kier alpha value is -2.96. The average molecular weight is 388 g/mol. The molecule has 7 heteroatoms. The Morgan fingerprint density at radius 2 is 1.89 bits per heavy atom. The molecule has 0 saturated carbocycles. The molecular weight excluding hydrogens is 363 g/mol. The minimum absolute atomic E-state index is 0.115. The van der Waals surface area contributed by atoms with Crippen LogP contribution in [0.1, 0.15) is 56.3 Å². The standard InChI is InChI=1S/C21H25FN2O4/c1-12(2)10-24(20(26)15-7-6-8-16(22)9-15)11-17(25)18-13(3)19(21(27)28-5)23-14(18)4/h6-9,12,23H,10-11H2,1-5H3. The molecule has 0 radical (unpaired) electrons. The molecule has 0 fully saturated rings. The third kappa shape index (κ3) is 4.65. The summed E-state index contributed by atoms with van der Waals surface area (Å²) in [6, 6.07) is 5.39. The Kier molecular flexibility index (Phi) is 6.72. The molecule has 0 unspecified atom stereocenters. The minimum atomic E-state index is -0.561. The lowest BCUT2D eigenvalue weighted by Crippen LogP contribution is -2.38. The van der Waals surface area contributed by atoms with Gasteiger partial charge in [-0.15, -0.1) is 0 Å². The second-order valence-corrected chi connectivity index (χ2v) is 7.13. The number of nitrogens with one attached hydrogen (secondary N) is 1. The smallest absolute Gasteiger partial charge is 0.354 e. The van der Waals surface area contributed by atoms with E-state index in [1.807, 2.05) is 13.8 Å². The van der Waals surface area contributed by atoms with Crippen LogP contribution in [0, 0.1) is 25.6 Å². The number of halogens is 1. The number of methoxy groups -OCH3 is 1. The maximum Gasteiger partial charge on any atom is 0.354 e. The SMILES string of the molecule is COC(=O)c1[nH]c(C)c(C(=O)CN(CC(C)C)C(=O)c2cccc(F)c2)c1C. The number of ether oxygens (including phenoxy) is 1. The van der Waals surface area contributed by atoms with E-state index in [0.717, 1.165) is 6.07 Å². The summed E-state index contributed by atoms with van der Waals surface area (Å²) in [6.45, 7) is 7.37. The van der Waals surface area contributed by atoms with Gasteiger partial charge < -0.3 is 14.6 Å². The molecule has 0 spiro atoms. The van der Waals surface area contributed by atoms with Gasteiger partial charge in [-0.25, -0.2) is 9.18 Å². The molecule has 0 aliphatic heterocycles. The first-order chi connectivity index (χ1) is 13.1. The number of hydrogen-bond acceptors (Lipinski definition) is 4. The number of Topliss-reactive ketones (excluding diaryl/α,β-unsaturated/α-hetero) is 1. The van der Waals surface area contributed by atoms with E-state index in [2.05, 4.69) is 4.98 Å². The van der Waals surface area contributed by atoms with Gasteiger partial charge in [-0.1, -0.05) is 19.9 Å².